The van der Waals surface area contributed by atoms with Crippen LogP contribution in [0.3, 0.4) is 0 Å². The van der Waals surface area contributed by atoms with Crippen molar-refractivity contribution >= 4 is 35.1 Å². The largest absolute Gasteiger partial charge is 0.493 e. The van der Waals surface area contributed by atoms with Gasteiger partial charge in [-0.3, -0.25) is 14.5 Å². The van der Waals surface area contributed by atoms with Crippen LogP contribution in [-0.4, -0.2) is 87.9 Å². The molecular formula is C28H35Cl2NO9. The third-order valence-electron chi connectivity index (χ3n) is 6.82. The van der Waals surface area contributed by atoms with Gasteiger partial charge in [0.2, 0.25) is 5.75 Å². The number of aliphatic carboxylic acids is 1. The molecule has 0 amide bonds. The van der Waals surface area contributed by atoms with E-state index in [0.717, 1.165) is 29.7 Å². The Morgan fingerprint density at radius 3 is 2.05 bits per heavy atom. The summed E-state index contributed by atoms with van der Waals surface area (Å²) >= 11 is 11.5. The van der Waals surface area contributed by atoms with E-state index < -0.39 is 22.7 Å². The molecule has 2 aromatic rings. The summed E-state index contributed by atoms with van der Waals surface area (Å²) in [5, 5.41) is 5.93. The number of carbonyl (C=O) groups excluding carboxylic acids is 1. The van der Waals surface area contributed by atoms with E-state index in [0.29, 0.717) is 48.1 Å². The number of carboxylic acids is 1. The summed E-state index contributed by atoms with van der Waals surface area (Å²) in [5.41, 5.74) is 3.23. The van der Waals surface area contributed by atoms with Crippen LogP contribution in [0.5, 0.6) is 28.7 Å². The van der Waals surface area contributed by atoms with Crippen molar-refractivity contribution in [2.24, 2.45) is 0 Å². The molecule has 10 nitrogen and oxygen atoms in total. The van der Waals surface area contributed by atoms with Gasteiger partial charge in [-0.25, -0.2) is 0 Å². The van der Waals surface area contributed by atoms with Crippen molar-refractivity contribution in [2.75, 3.05) is 55.2 Å². The van der Waals surface area contributed by atoms with Crippen molar-refractivity contribution < 1.29 is 43.1 Å². The predicted octanol–water partition coefficient (Wildman–Crippen LogP) is 4.10. The Morgan fingerprint density at radius 2 is 1.50 bits per heavy atom. The summed E-state index contributed by atoms with van der Waals surface area (Å²) in [5.74, 6) is 0.701. The molecule has 0 aliphatic carbocycles. The highest BCUT2D eigenvalue weighted by Gasteiger charge is 2.32. The van der Waals surface area contributed by atoms with Crippen LogP contribution in [0, 0.1) is 0 Å². The zero-order valence-corrected chi connectivity index (χ0v) is 24.7. The van der Waals surface area contributed by atoms with E-state index >= 15 is 0 Å². The topological polar surface area (TPSA) is 113 Å². The molecule has 0 radical (unpaired) electrons. The molecule has 2 unspecified atom stereocenters. The van der Waals surface area contributed by atoms with Crippen LogP contribution in [0.15, 0.2) is 24.3 Å². The lowest BCUT2D eigenvalue weighted by atomic mass is 9.88. The van der Waals surface area contributed by atoms with E-state index in [1.165, 1.54) is 0 Å². The number of fused-ring (bicyclic) bond motifs is 1. The Hall–Kier alpha value is -3.08. The van der Waals surface area contributed by atoms with Gasteiger partial charge in [0.15, 0.2) is 33.8 Å². The van der Waals surface area contributed by atoms with Crippen molar-refractivity contribution in [3.63, 3.8) is 0 Å². The highest BCUT2D eigenvalue weighted by Crippen LogP contribution is 2.42. The molecule has 1 aliphatic rings. The Labute approximate surface area is 243 Å². The molecule has 0 spiro atoms. The Bertz CT molecular complexity index is 1170. The maximum atomic E-state index is 12.1. The van der Waals surface area contributed by atoms with Crippen molar-refractivity contribution in [2.45, 2.75) is 36.1 Å². The molecule has 3 atom stereocenters. The molecule has 3 rings (SSSR count). The number of alkyl halides is 2. The van der Waals surface area contributed by atoms with E-state index in [1.807, 2.05) is 24.3 Å². The van der Waals surface area contributed by atoms with Gasteiger partial charge in [0.25, 0.3) is 0 Å². The van der Waals surface area contributed by atoms with Gasteiger partial charge in [-0.05, 0) is 60.2 Å². The molecule has 2 aromatic carbocycles. The zero-order chi connectivity index (χ0) is 29.4. The average molecular weight is 600 g/mol. The van der Waals surface area contributed by atoms with Crippen LogP contribution in [0.25, 0.3) is 0 Å². The molecule has 0 aromatic heterocycles. The molecule has 12 heteroatoms. The number of carbonyl (C=O) groups is 2. The fraction of sp³-hybridized carbons (Fsp3) is 0.500. The van der Waals surface area contributed by atoms with Gasteiger partial charge < -0.3 is 33.5 Å². The molecule has 0 bridgehead atoms. The molecule has 40 heavy (non-hydrogen) atoms. The molecule has 0 fully saturated rings. The van der Waals surface area contributed by atoms with Gasteiger partial charge in [-0.2, -0.15) is 0 Å². The van der Waals surface area contributed by atoms with E-state index in [4.69, 9.17) is 56.7 Å². The quantitative estimate of drug-likeness (QED) is 0.193. The number of esters is 1. The summed E-state index contributed by atoms with van der Waals surface area (Å²) in [7, 11) is 7.94. The van der Waals surface area contributed by atoms with Gasteiger partial charge >= 0.3 is 11.9 Å². The minimum atomic E-state index is -1.57. The predicted molar refractivity (Wildman–Crippen MR) is 150 cm³/mol. The first-order valence-electron chi connectivity index (χ1n) is 12.6. The van der Waals surface area contributed by atoms with Crippen molar-refractivity contribution in [1.82, 2.24) is 4.90 Å². The second-order valence-electron chi connectivity index (χ2n) is 9.11. The number of nitrogens with zero attached hydrogens (tertiary/aromatic N) is 1. The average Bonchev–Trinajstić information content (AvgIpc) is 2.97. The Morgan fingerprint density at radius 1 is 0.900 bits per heavy atom. The Balaban J connectivity index is 1.85. The van der Waals surface area contributed by atoms with Gasteiger partial charge in [0, 0.05) is 19.1 Å². The standard InChI is InChI=1S/C28H35Cl2NO9/c1-35-20-14-17-7-9-31(8-6-10-40-28(34)25(30)24(29)27(32)33)19(18(17)15-21(20)36-2)11-16-12-22(37-3)26(39-5)23(13-16)38-4/h12-15,19,24-25H,6-11H2,1-5H3,(H,32,33)/t19-,24?,25?/m1/s1. The van der Waals surface area contributed by atoms with Gasteiger partial charge in [0.1, 0.15) is 0 Å². The smallest absolute Gasteiger partial charge is 0.326 e. The number of methoxy groups -OCH3 is 5. The maximum Gasteiger partial charge on any atom is 0.326 e. The van der Waals surface area contributed by atoms with Crippen LogP contribution in [0.1, 0.15) is 29.2 Å². The first-order chi connectivity index (χ1) is 19.2. The molecule has 220 valence electrons. The molecule has 0 saturated carbocycles. The van der Waals surface area contributed by atoms with Crippen LogP contribution in [-0.2, 0) is 27.2 Å². The maximum absolute atomic E-state index is 12.1. The lowest BCUT2D eigenvalue weighted by molar-refractivity contribution is -0.147. The number of halogens is 2. The summed E-state index contributed by atoms with van der Waals surface area (Å²) < 4.78 is 33.0. The third kappa shape index (κ3) is 7.16. The lowest BCUT2D eigenvalue weighted by Crippen LogP contribution is -2.38. The van der Waals surface area contributed by atoms with E-state index in [-0.39, 0.29) is 12.6 Å². The fourth-order valence-electron chi connectivity index (χ4n) is 4.83. The van der Waals surface area contributed by atoms with Gasteiger partial charge in [-0.15, -0.1) is 23.2 Å². The number of rotatable bonds is 14. The van der Waals surface area contributed by atoms with Crippen LogP contribution < -0.4 is 23.7 Å². The number of hydrogen-bond acceptors (Lipinski definition) is 9. The summed E-state index contributed by atoms with van der Waals surface area (Å²) in [4.78, 5) is 25.4. The summed E-state index contributed by atoms with van der Waals surface area (Å²) in [6, 6.07) is 7.83. The van der Waals surface area contributed by atoms with Crippen molar-refractivity contribution in [3.05, 3.63) is 41.0 Å². The van der Waals surface area contributed by atoms with E-state index in [1.54, 1.807) is 35.5 Å². The van der Waals surface area contributed by atoms with E-state index in [9.17, 15) is 9.59 Å². The van der Waals surface area contributed by atoms with Crippen LogP contribution in [0.4, 0.5) is 0 Å². The highest BCUT2D eigenvalue weighted by molar-refractivity contribution is 6.41. The molecular weight excluding hydrogens is 565 g/mol. The van der Waals surface area contributed by atoms with Crippen molar-refractivity contribution in [3.8, 4) is 28.7 Å². The Kier molecular flexibility index (Phi) is 11.4. The zero-order valence-electron chi connectivity index (χ0n) is 23.2. The fourth-order valence-corrected chi connectivity index (χ4v) is 5.10. The first kappa shape index (κ1) is 31.4. The van der Waals surface area contributed by atoms with Crippen LogP contribution >= 0.6 is 23.2 Å². The minimum absolute atomic E-state index is 0.0536. The molecule has 1 N–H and O–H groups in total. The molecule has 1 aliphatic heterocycles. The SMILES string of the molecule is COc1cc2c(cc1OC)[C@@H](Cc1cc(OC)c(OC)c(OC)c1)N(CCCOC(=O)C(Cl)C(Cl)C(=O)O)CC2. The second-order valence-corrected chi connectivity index (χ2v) is 10.0. The number of carboxylic acid groups (broad SMARTS) is 1. The van der Waals surface area contributed by atoms with Crippen LogP contribution in [0.2, 0.25) is 0 Å². The first-order valence-corrected chi connectivity index (χ1v) is 13.5. The second kappa shape index (κ2) is 14.5. The summed E-state index contributed by atoms with van der Waals surface area (Å²) in [6.07, 6.45) is 1.91. The minimum Gasteiger partial charge on any atom is -0.493 e. The normalized spacial score (nSPS) is 16.3. The highest BCUT2D eigenvalue weighted by atomic mass is 35.5. The number of hydrogen-bond donors (Lipinski definition) is 1. The monoisotopic (exact) mass is 599 g/mol. The summed E-state index contributed by atoms with van der Waals surface area (Å²) in [6.45, 7) is 1.43. The number of benzene rings is 2. The van der Waals surface area contributed by atoms with Crippen molar-refractivity contribution in [1.29, 1.82) is 0 Å². The number of ether oxygens (including phenoxy) is 6. The van der Waals surface area contributed by atoms with Gasteiger partial charge in [0.05, 0.1) is 42.2 Å². The van der Waals surface area contributed by atoms with E-state index in [2.05, 4.69) is 4.90 Å². The van der Waals surface area contributed by atoms with Gasteiger partial charge in [-0.1, -0.05) is 0 Å². The lowest BCUT2D eigenvalue weighted by Gasteiger charge is -2.38. The molecule has 1 heterocycles. The third-order valence-corrected chi connectivity index (χ3v) is 7.82. The molecule has 0 saturated heterocycles.